The normalized spacial score (nSPS) is 19.7. The maximum absolute atomic E-state index is 9.06. The van der Waals surface area contributed by atoms with Crippen LogP contribution in [0.3, 0.4) is 0 Å². The van der Waals surface area contributed by atoms with Gasteiger partial charge in [0, 0.05) is 0 Å². The topological polar surface area (TPSA) is 60.2 Å². The van der Waals surface area contributed by atoms with Gasteiger partial charge in [0.15, 0.2) is 0 Å². The van der Waals surface area contributed by atoms with Crippen molar-refractivity contribution >= 4 is 11.3 Å². The number of hydrogen-bond donors (Lipinski definition) is 1. The zero-order valence-electron chi connectivity index (χ0n) is 8.54. The molecule has 3 heterocycles. The Morgan fingerprint density at radius 3 is 3.31 bits per heavy atom. The van der Waals surface area contributed by atoms with Gasteiger partial charge >= 0.3 is 0 Å². The van der Waals surface area contributed by atoms with Crippen molar-refractivity contribution in [2.24, 2.45) is 0 Å². The zero-order chi connectivity index (χ0) is 11.0. The number of rotatable bonds is 2. The number of fused-ring (bicyclic) bond motifs is 1. The molecule has 0 aromatic carbocycles. The number of aromatic nitrogens is 3. The molecule has 84 valence electrons. The molecule has 16 heavy (non-hydrogen) atoms. The first-order valence-electron chi connectivity index (χ1n) is 5.04. The minimum Gasteiger partial charge on any atom is -0.390 e. The highest BCUT2D eigenvalue weighted by atomic mass is 32.1. The van der Waals surface area contributed by atoms with Crippen LogP contribution in [0.1, 0.15) is 23.1 Å². The Morgan fingerprint density at radius 1 is 1.62 bits per heavy atom. The van der Waals surface area contributed by atoms with Crippen LogP contribution < -0.4 is 0 Å². The summed E-state index contributed by atoms with van der Waals surface area (Å²) in [7, 11) is 0. The van der Waals surface area contributed by atoms with Crippen LogP contribution in [0.25, 0.3) is 0 Å². The predicted octanol–water partition coefficient (Wildman–Crippen LogP) is 1.10. The smallest absolute Gasteiger partial charge is 0.114 e. The van der Waals surface area contributed by atoms with E-state index in [4.69, 9.17) is 9.84 Å². The van der Waals surface area contributed by atoms with Crippen molar-refractivity contribution in [3.05, 3.63) is 33.8 Å². The molecule has 1 aliphatic heterocycles. The second-order valence-corrected chi connectivity index (χ2v) is 4.46. The first-order chi connectivity index (χ1) is 7.88. The van der Waals surface area contributed by atoms with Gasteiger partial charge in [0.25, 0.3) is 0 Å². The molecular formula is C10H11N3O2S. The van der Waals surface area contributed by atoms with Gasteiger partial charge in [-0.05, 0) is 22.4 Å². The Kier molecular flexibility index (Phi) is 2.47. The van der Waals surface area contributed by atoms with E-state index >= 15 is 0 Å². The van der Waals surface area contributed by atoms with E-state index in [1.165, 1.54) is 5.56 Å². The molecule has 0 unspecified atom stereocenters. The highest BCUT2D eigenvalue weighted by Gasteiger charge is 2.24. The molecule has 2 aromatic rings. The highest BCUT2D eigenvalue weighted by Crippen LogP contribution is 2.27. The van der Waals surface area contributed by atoms with Crippen LogP contribution in [-0.4, -0.2) is 20.1 Å². The summed E-state index contributed by atoms with van der Waals surface area (Å²) < 4.78 is 7.56. The lowest BCUT2D eigenvalue weighted by molar-refractivity contribution is -0.00203. The third kappa shape index (κ3) is 1.55. The van der Waals surface area contributed by atoms with Crippen molar-refractivity contribution in [3.63, 3.8) is 0 Å². The minimum atomic E-state index is -0.0815. The number of thiophene rings is 1. The number of hydrogen-bond acceptors (Lipinski definition) is 5. The van der Waals surface area contributed by atoms with Gasteiger partial charge < -0.3 is 9.84 Å². The largest absolute Gasteiger partial charge is 0.390 e. The van der Waals surface area contributed by atoms with E-state index in [0.29, 0.717) is 18.8 Å². The Labute approximate surface area is 96.3 Å². The molecular weight excluding hydrogens is 226 g/mol. The number of nitrogens with zero attached hydrogens (tertiary/aromatic N) is 3. The standard InChI is InChI=1S/C10H11N3O2S/c14-4-8-9-5-15-10(3-13(9)12-11-8)7-1-2-16-6-7/h1-2,6,10,14H,3-5H2/t10-/m0/s1. The molecule has 1 atom stereocenters. The summed E-state index contributed by atoms with van der Waals surface area (Å²) in [5.41, 5.74) is 2.68. The van der Waals surface area contributed by atoms with E-state index in [0.717, 1.165) is 5.69 Å². The average molecular weight is 237 g/mol. The maximum Gasteiger partial charge on any atom is 0.114 e. The minimum absolute atomic E-state index is 0.0481. The van der Waals surface area contributed by atoms with Gasteiger partial charge in [-0.3, -0.25) is 0 Å². The zero-order valence-corrected chi connectivity index (χ0v) is 9.35. The summed E-state index contributed by atoms with van der Waals surface area (Å²) in [4.78, 5) is 0. The van der Waals surface area contributed by atoms with Crippen LogP contribution in [0.15, 0.2) is 16.8 Å². The van der Waals surface area contributed by atoms with Crippen molar-refractivity contribution in [1.29, 1.82) is 0 Å². The van der Waals surface area contributed by atoms with E-state index < -0.39 is 0 Å². The van der Waals surface area contributed by atoms with Gasteiger partial charge in [0.05, 0.1) is 25.5 Å². The molecule has 0 aliphatic carbocycles. The Balaban J connectivity index is 1.87. The van der Waals surface area contributed by atoms with Crippen molar-refractivity contribution in [1.82, 2.24) is 15.0 Å². The van der Waals surface area contributed by atoms with E-state index in [1.54, 1.807) is 11.3 Å². The van der Waals surface area contributed by atoms with Crippen LogP contribution in [-0.2, 0) is 24.5 Å². The van der Waals surface area contributed by atoms with Gasteiger partial charge in [-0.2, -0.15) is 11.3 Å². The average Bonchev–Trinajstić information content (AvgIpc) is 2.97. The summed E-state index contributed by atoms with van der Waals surface area (Å²) in [6.07, 6.45) is 0.0481. The monoisotopic (exact) mass is 237 g/mol. The van der Waals surface area contributed by atoms with Crippen molar-refractivity contribution in [2.75, 3.05) is 0 Å². The van der Waals surface area contributed by atoms with Gasteiger partial charge in [-0.25, -0.2) is 4.68 Å². The van der Waals surface area contributed by atoms with Gasteiger partial charge in [-0.1, -0.05) is 5.21 Å². The fourth-order valence-corrected chi connectivity index (χ4v) is 2.55. The van der Waals surface area contributed by atoms with E-state index in [1.807, 2.05) is 10.1 Å². The molecule has 0 radical (unpaired) electrons. The van der Waals surface area contributed by atoms with Crippen molar-refractivity contribution < 1.29 is 9.84 Å². The summed E-state index contributed by atoms with van der Waals surface area (Å²) in [5.74, 6) is 0. The van der Waals surface area contributed by atoms with Gasteiger partial charge in [0.2, 0.25) is 0 Å². The first kappa shape index (κ1) is 9.95. The third-order valence-electron chi connectivity index (χ3n) is 2.74. The van der Waals surface area contributed by atoms with Crippen molar-refractivity contribution in [2.45, 2.75) is 25.9 Å². The maximum atomic E-state index is 9.06. The summed E-state index contributed by atoms with van der Waals surface area (Å²) in [6.45, 7) is 1.05. The van der Waals surface area contributed by atoms with E-state index in [2.05, 4.69) is 21.8 Å². The lowest BCUT2D eigenvalue weighted by Gasteiger charge is -2.23. The molecule has 0 bridgehead atoms. The van der Waals surface area contributed by atoms with Crippen molar-refractivity contribution in [3.8, 4) is 0 Å². The molecule has 0 fully saturated rings. The summed E-state index contributed by atoms with van der Waals surface area (Å²) >= 11 is 1.66. The second-order valence-electron chi connectivity index (χ2n) is 3.68. The lowest BCUT2D eigenvalue weighted by Crippen LogP contribution is -2.22. The quantitative estimate of drug-likeness (QED) is 0.849. The molecule has 6 heteroatoms. The fraction of sp³-hybridized carbons (Fsp3) is 0.400. The Morgan fingerprint density at radius 2 is 2.56 bits per heavy atom. The third-order valence-corrected chi connectivity index (χ3v) is 3.44. The molecule has 0 saturated carbocycles. The van der Waals surface area contributed by atoms with Crippen LogP contribution in [0.2, 0.25) is 0 Å². The number of ether oxygens (including phenoxy) is 1. The molecule has 0 spiro atoms. The van der Waals surface area contributed by atoms with Gasteiger partial charge in [0.1, 0.15) is 11.8 Å². The van der Waals surface area contributed by atoms with Crippen LogP contribution >= 0.6 is 11.3 Å². The van der Waals surface area contributed by atoms with Crippen LogP contribution in [0, 0.1) is 0 Å². The lowest BCUT2D eigenvalue weighted by atomic mass is 10.1. The molecule has 1 aliphatic rings. The fourth-order valence-electron chi connectivity index (χ4n) is 1.85. The molecule has 2 aromatic heterocycles. The predicted molar refractivity (Wildman–Crippen MR) is 57.8 cm³/mol. The second kappa shape index (κ2) is 3.97. The van der Waals surface area contributed by atoms with Gasteiger partial charge in [-0.15, -0.1) is 5.10 Å². The summed E-state index contributed by atoms with van der Waals surface area (Å²) in [5, 5.41) is 21.1. The van der Waals surface area contributed by atoms with Crippen LogP contribution in [0.5, 0.6) is 0 Å². The van der Waals surface area contributed by atoms with E-state index in [-0.39, 0.29) is 12.7 Å². The SMILES string of the molecule is OCc1nnn2c1CO[C@H](c1ccsc1)C2. The summed E-state index contributed by atoms with van der Waals surface area (Å²) in [6, 6.07) is 2.06. The molecule has 3 rings (SSSR count). The highest BCUT2D eigenvalue weighted by molar-refractivity contribution is 7.07. The number of aliphatic hydroxyl groups is 1. The van der Waals surface area contributed by atoms with E-state index in [9.17, 15) is 0 Å². The number of aliphatic hydroxyl groups excluding tert-OH is 1. The van der Waals surface area contributed by atoms with Crippen LogP contribution in [0.4, 0.5) is 0 Å². The molecule has 0 saturated heterocycles. The molecule has 5 nitrogen and oxygen atoms in total. The Hall–Kier alpha value is -1.24. The molecule has 1 N–H and O–H groups in total. The Bertz CT molecular complexity index is 480. The first-order valence-corrected chi connectivity index (χ1v) is 5.98. The molecule has 0 amide bonds.